The maximum Gasteiger partial charge on any atom is 0.472 e. The van der Waals surface area contributed by atoms with Crippen LogP contribution in [0.2, 0.25) is 0 Å². The first-order valence-corrected chi connectivity index (χ1v) is 42.5. The number of aliphatic hydroxyl groups excluding tert-OH is 1. The molecule has 0 saturated carbocycles. The quantitative estimate of drug-likeness (QED) is 0.0169. The monoisotopic (exact) mass is 1450 g/mol. The molecular formula is C81H142O17P2. The molecule has 0 aromatic rings. The summed E-state index contributed by atoms with van der Waals surface area (Å²) in [6.07, 6.45) is 76.7. The lowest BCUT2D eigenvalue weighted by atomic mass is 10.1. The Bertz CT molecular complexity index is 2270. The lowest BCUT2D eigenvalue weighted by molar-refractivity contribution is -0.161. The van der Waals surface area contributed by atoms with Crippen molar-refractivity contribution in [3.05, 3.63) is 97.2 Å². The summed E-state index contributed by atoms with van der Waals surface area (Å²) in [5.74, 6) is -2.22. The third-order valence-electron chi connectivity index (χ3n) is 16.5. The molecule has 0 amide bonds. The molecule has 0 aliphatic rings. The van der Waals surface area contributed by atoms with E-state index in [4.69, 9.17) is 37.0 Å². The highest BCUT2D eigenvalue weighted by Crippen LogP contribution is 2.45. The Labute approximate surface area is 607 Å². The molecule has 19 heteroatoms. The minimum absolute atomic E-state index is 0.0757. The van der Waals surface area contributed by atoms with Crippen molar-refractivity contribution in [3.8, 4) is 0 Å². The van der Waals surface area contributed by atoms with Gasteiger partial charge in [0.25, 0.3) is 0 Å². The van der Waals surface area contributed by atoms with E-state index in [1.54, 1.807) is 0 Å². The zero-order valence-corrected chi connectivity index (χ0v) is 64.9. The van der Waals surface area contributed by atoms with Crippen LogP contribution in [0.25, 0.3) is 0 Å². The first kappa shape index (κ1) is 96.0. The number of unbranched alkanes of at least 4 members (excludes halogenated alkanes) is 32. The number of carbonyl (C=O) groups excluding carboxylic acids is 4. The average molecular weight is 1450 g/mol. The number of rotatable bonds is 74. The number of phosphoric acid groups is 2. The summed E-state index contributed by atoms with van der Waals surface area (Å²) < 4.78 is 68.5. The molecule has 0 aliphatic heterocycles. The Morgan fingerprint density at radius 1 is 0.280 bits per heavy atom. The first-order chi connectivity index (χ1) is 48.7. The minimum Gasteiger partial charge on any atom is -0.462 e. The summed E-state index contributed by atoms with van der Waals surface area (Å²) >= 11 is 0. The largest absolute Gasteiger partial charge is 0.472 e. The van der Waals surface area contributed by atoms with Crippen molar-refractivity contribution >= 4 is 39.5 Å². The van der Waals surface area contributed by atoms with Gasteiger partial charge >= 0.3 is 39.5 Å². The van der Waals surface area contributed by atoms with Gasteiger partial charge in [0.05, 0.1) is 26.4 Å². The lowest BCUT2D eigenvalue weighted by Gasteiger charge is -2.21. The van der Waals surface area contributed by atoms with Crippen LogP contribution in [0.5, 0.6) is 0 Å². The Balaban J connectivity index is 5.34. The second-order valence-electron chi connectivity index (χ2n) is 26.3. The predicted molar refractivity (Wildman–Crippen MR) is 409 cm³/mol. The normalized spacial score (nSPS) is 14.4. The van der Waals surface area contributed by atoms with Crippen LogP contribution in [0.15, 0.2) is 97.2 Å². The summed E-state index contributed by atoms with van der Waals surface area (Å²) in [6, 6.07) is 0. The van der Waals surface area contributed by atoms with Gasteiger partial charge in [-0.25, -0.2) is 9.13 Å². The topological polar surface area (TPSA) is 237 Å². The Hall–Kier alpha value is -4.02. The van der Waals surface area contributed by atoms with Crippen LogP contribution in [0.1, 0.15) is 336 Å². The molecule has 0 radical (unpaired) electrons. The molecule has 0 bridgehead atoms. The van der Waals surface area contributed by atoms with Crippen molar-refractivity contribution < 1.29 is 80.2 Å². The average Bonchev–Trinajstić information content (AvgIpc) is 2.75. The van der Waals surface area contributed by atoms with Crippen molar-refractivity contribution in [2.45, 2.75) is 354 Å². The predicted octanol–water partition coefficient (Wildman–Crippen LogP) is 22.8. The van der Waals surface area contributed by atoms with E-state index in [-0.39, 0.29) is 25.7 Å². The van der Waals surface area contributed by atoms with E-state index >= 15 is 0 Å². The molecule has 0 aromatic heterocycles. The van der Waals surface area contributed by atoms with Crippen LogP contribution in [0.3, 0.4) is 0 Å². The fourth-order valence-electron chi connectivity index (χ4n) is 10.4. The Morgan fingerprint density at radius 2 is 0.500 bits per heavy atom. The molecule has 0 aromatic carbocycles. The molecule has 3 N–H and O–H groups in total. The molecule has 0 spiro atoms. The van der Waals surface area contributed by atoms with Crippen LogP contribution in [0.4, 0.5) is 0 Å². The number of phosphoric ester groups is 2. The van der Waals surface area contributed by atoms with Crippen molar-refractivity contribution in [1.29, 1.82) is 0 Å². The molecular weight excluding hydrogens is 1310 g/mol. The smallest absolute Gasteiger partial charge is 0.462 e. The maximum absolute atomic E-state index is 13.1. The molecule has 578 valence electrons. The van der Waals surface area contributed by atoms with Gasteiger partial charge in [-0.2, -0.15) is 0 Å². The van der Waals surface area contributed by atoms with Crippen molar-refractivity contribution in [3.63, 3.8) is 0 Å². The maximum atomic E-state index is 13.1. The molecule has 0 aliphatic carbocycles. The summed E-state index contributed by atoms with van der Waals surface area (Å²) in [5, 5.41) is 10.6. The molecule has 0 rings (SSSR count). The highest BCUT2D eigenvalue weighted by atomic mass is 31.2. The third kappa shape index (κ3) is 72.3. The van der Waals surface area contributed by atoms with Crippen LogP contribution in [0, 0.1) is 0 Å². The number of allylic oxidation sites excluding steroid dienone is 16. The molecule has 5 atom stereocenters. The van der Waals surface area contributed by atoms with Gasteiger partial charge in [0.15, 0.2) is 12.2 Å². The number of esters is 4. The highest BCUT2D eigenvalue weighted by Gasteiger charge is 2.30. The molecule has 0 fully saturated rings. The second-order valence-corrected chi connectivity index (χ2v) is 29.2. The van der Waals surface area contributed by atoms with E-state index in [2.05, 4.69) is 125 Å². The molecule has 100 heavy (non-hydrogen) atoms. The van der Waals surface area contributed by atoms with E-state index in [0.29, 0.717) is 25.7 Å². The zero-order chi connectivity index (χ0) is 73.2. The first-order valence-electron chi connectivity index (χ1n) is 39.5. The van der Waals surface area contributed by atoms with Gasteiger partial charge < -0.3 is 33.8 Å². The number of hydrogen-bond acceptors (Lipinski definition) is 15. The number of ether oxygens (including phenoxy) is 4. The van der Waals surface area contributed by atoms with E-state index < -0.39 is 97.5 Å². The second kappa shape index (κ2) is 73.3. The van der Waals surface area contributed by atoms with E-state index in [1.165, 1.54) is 70.6 Å². The molecule has 0 heterocycles. The fraction of sp³-hybridized carbons (Fsp3) is 0.753. The summed E-state index contributed by atoms with van der Waals surface area (Å²) in [5.41, 5.74) is 0. The number of aliphatic hydroxyl groups is 1. The van der Waals surface area contributed by atoms with E-state index in [9.17, 15) is 43.2 Å². The summed E-state index contributed by atoms with van der Waals surface area (Å²) in [6.45, 7) is 4.72. The van der Waals surface area contributed by atoms with Crippen LogP contribution < -0.4 is 0 Å². The van der Waals surface area contributed by atoms with Gasteiger partial charge in [-0.15, -0.1) is 0 Å². The SMILES string of the molecule is CCCC/C=C\CCCCCCCC(=O)OC(COC(=O)CCCCCCC/C=C\C/C=C\CCCCC)COP(=O)(O)OCC(O)COP(=O)(O)OCC(COC(=O)CCCCCCCC/C=C\C/C=C\C/C=C\CCCCC)OC(=O)CCCCCCC/C=C\C/C=C\CCCCC. The van der Waals surface area contributed by atoms with Crippen LogP contribution >= 0.6 is 15.6 Å². The highest BCUT2D eigenvalue weighted by molar-refractivity contribution is 7.47. The molecule has 0 saturated heterocycles. The third-order valence-corrected chi connectivity index (χ3v) is 18.4. The molecule has 5 unspecified atom stereocenters. The van der Waals surface area contributed by atoms with Crippen molar-refractivity contribution in [2.24, 2.45) is 0 Å². The Kier molecular flexibility index (Phi) is 70.4. The van der Waals surface area contributed by atoms with Crippen LogP contribution in [-0.4, -0.2) is 96.7 Å². The standard InChI is InChI=1S/C81H142O17P2/c1-5-9-13-17-21-25-29-32-35-36-37-38-41-43-47-50-54-58-62-66-79(84)92-72-77(98-81(86)68-64-60-56-52-48-44-40-34-31-27-23-19-15-11-7-3)74-96-100(89,90)94-70-75(82)69-93-99(87,88)95-73-76(97-80(85)67-63-59-55-51-45-28-24-20-16-12-8-4)71-91-78(83)65-61-57-53-49-46-42-39-33-30-26-22-18-14-10-6-2/h20-27,32-35,37-40,75-77,82H,5-19,28-31,36,41-74H2,1-4H3,(H,87,88)(H,89,90)/b24-20-,25-21-,26-22-,27-23-,35-32-,38-37-,39-33-,40-34-. The molecule has 17 nitrogen and oxygen atoms in total. The number of carbonyl (C=O) groups is 4. The zero-order valence-electron chi connectivity index (χ0n) is 63.1. The van der Waals surface area contributed by atoms with Crippen LogP contribution in [-0.2, 0) is 65.4 Å². The number of hydrogen-bond donors (Lipinski definition) is 3. The lowest BCUT2D eigenvalue weighted by Crippen LogP contribution is -2.30. The fourth-order valence-corrected chi connectivity index (χ4v) is 12.0. The van der Waals surface area contributed by atoms with Gasteiger partial charge in [-0.05, 0) is 148 Å². The van der Waals surface area contributed by atoms with Gasteiger partial charge in [-0.1, -0.05) is 260 Å². The van der Waals surface area contributed by atoms with Crippen molar-refractivity contribution in [2.75, 3.05) is 39.6 Å². The van der Waals surface area contributed by atoms with Gasteiger partial charge in [0.2, 0.25) is 0 Å². The van der Waals surface area contributed by atoms with Gasteiger partial charge in [0.1, 0.15) is 19.3 Å². The van der Waals surface area contributed by atoms with E-state index in [1.807, 2.05) is 0 Å². The van der Waals surface area contributed by atoms with E-state index in [0.717, 1.165) is 186 Å². The van der Waals surface area contributed by atoms with Gasteiger partial charge in [-0.3, -0.25) is 37.3 Å². The summed E-state index contributed by atoms with van der Waals surface area (Å²) in [7, 11) is -9.96. The Morgan fingerprint density at radius 3 is 0.790 bits per heavy atom. The van der Waals surface area contributed by atoms with Crippen molar-refractivity contribution in [1.82, 2.24) is 0 Å². The minimum atomic E-state index is -4.98. The summed E-state index contributed by atoms with van der Waals surface area (Å²) in [4.78, 5) is 72.9. The van der Waals surface area contributed by atoms with Gasteiger partial charge in [0, 0.05) is 25.7 Å².